The molecule has 2 rings (SSSR count). The van der Waals surface area contributed by atoms with Crippen molar-refractivity contribution >= 4 is 0 Å². The van der Waals surface area contributed by atoms with E-state index in [1.165, 1.54) is 16.7 Å². The zero-order chi connectivity index (χ0) is 12.6. The van der Waals surface area contributed by atoms with Gasteiger partial charge < -0.3 is 10.5 Å². The molecule has 1 aromatic rings. The largest absolute Gasteiger partial charge is 0.487 e. The van der Waals surface area contributed by atoms with Gasteiger partial charge in [-0.1, -0.05) is 26.0 Å². The van der Waals surface area contributed by atoms with Gasteiger partial charge in [-0.15, -0.1) is 0 Å². The highest BCUT2D eigenvalue weighted by Gasteiger charge is 2.37. The molecule has 17 heavy (non-hydrogen) atoms. The molecule has 0 radical (unpaired) electrons. The molecule has 1 aliphatic rings. The summed E-state index contributed by atoms with van der Waals surface area (Å²) in [6.07, 6.45) is 2.96. The molecule has 1 aliphatic heterocycles. The van der Waals surface area contributed by atoms with E-state index in [2.05, 4.69) is 39.8 Å². The van der Waals surface area contributed by atoms with Gasteiger partial charge in [-0.05, 0) is 37.8 Å². The summed E-state index contributed by atoms with van der Waals surface area (Å²) in [7, 11) is 0. The first-order chi connectivity index (χ1) is 8.03. The molecule has 0 spiro atoms. The molecule has 1 heterocycles. The van der Waals surface area contributed by atoms with Crippen molar-refractivity contribution in [2.75, 3.05) is 0 Å². The van der Waals surface area contributed by atoms with Gasteiger partial charge in [-0.3, -0.25) is 0 Å². The van der Waals surface area contributed by atoms with Gasteiger partial charge in [0.1, 0.15) is 11.4 Å². The molecule has 1 atom stereocenters. The van der Waals surface area contributed by atoms with Crippen molar-refractivity contribution < 1.29 is 4.74 Å². The molecule has 2 N–H and O–H groups in total. The SMILES string of the molecule is CCC1(CC)CC(N)c2ccc(C)c(C)c2O1. The minimum Gasteiger partial charge on any atom is -0.487 e. The van der Waals surface area contributed by atoms with Crippen LogP contribution in [0.2, 0.25) is 0 Å². The maximum Gasteiger partial charge on any atom is 0.128 e. The van der Waals surface area contributed by atoms with E-state index in [-0.39, 0.29) is 11.6 Å². The van der Waals surface area contributed by atoms with E-state index in [1.807, 2.05) is 0 Å². The third-order valence-electron chi connectivity index (χ3n) is 4.31. The van der Waals surface area contributed by atoms with Gasteiger partial charge in [0, 0.05) is 18.0 Å². The summed E-state index contributed by atoms with van der Waals surface area (Å²) >= 11 is 0. The molecule has 0 bridgehead atoms. The molecule has 1 unspecified atom stereocenters. The van der Waals surface area contributed by atoms with Crippen molar-refractivity contribution in [2.24, 2.45) is 5.73 Å². The van der Waals surface area contributed by atoms with Crippen LogP contribution < -0.4 is 10.5 Å². The minimum atomic E-state index is -0.0645. The summed E-state index contributed by atoms with van der Waals surface area (Å²) < 4.78 is 6.32. The fourth-order valence-corrected chi connectivity index (χ4v) is 2.69. The predicted molar refractivity (Wildman–Crippen MR) is 71.4 cm³/mol. The normalized spacial score (nSPS) is 21.8. The zero-order valence-corrected chi connectivity index (χ0v) is 11.3. The Morgan fingerprint density at radius 2 is 1.94 bits per heavy atom. The van der Waals surface area contributed by atoms with Crippen LogP contribution in [0.5, 0.6) is 5.75 Å². The minimum absolute atomic E-state index is 0.0645. The molecule has 0 fully saturated rings. The van der Waals surface area contributed by atoms with Crippen LogP contribution in [0.4, 0.5) is 0 Å². The summed E-state index contributed by atoms with van der Waals surface area (Å²) in [5, 5.41) is 0. The Hall–Kier alpha value is -1.02. The van der Waals surface area contributed by atoms with Gasteiger partial charge in [-0.2, -0.15) is 0 Å². The Morgan fingerprint density at radius 1 is 1.29 bits per heavy atom. The highest BCUT2D eigenvalue weighted by atomic mass is 16.5. The third kappa shape index (κ3) is 1.95. The summed E-state index contributed by atoms with van der Waals surface area (Å²) in [4.78, 5) is 0. The van der Waals surface area contributed by atoms with Gasteiger partial charge in [0.15, 0.2) is 0 Å². The van der Waals surface area contributed by atoms with E-state index in [1.54, 1.807) is 0 Å². The number of benzene rings is 1. The van der Waals surface area contributed by atoms with Crippen LogP contribution in [0.3, 0.4) is 0 Å². The summed E-state index contributed by atoms with van der Waals surface area (Å²) in [6, 6.07) is 4.37. The first kappa shape index (κ1) is 12.4. The number of hydrogen-bond donors (Lipinski definition) is 1. The maximum atomic E-state index is 6.32. The predicted octanol–water partition coefficient (Wildman–Crippen LogP) is 3.64. The van der Waals surface area contributed by atoms with Crippen molar-refractivity contribution in [3.63, 3.8) is 0 Å². The Labute approximate surface area is 104 Å². The van der Waals surface area contributed by atoms with E-state index in [4.69, 9.17) is 10.5 Å². The van der Waals surface area contributed by atoms with E-state index < -0.39 is 0 Å². The lowest BCUT2D eigenvalue weighted by Crippen LogP contribution is -2.42. The van der Waals surface area contributed by atoms with Crippen molar-refractivity contribution in [3.05, 3.63) is 28.8 Å². The molecular formula is C15H23NO. The van der Waals surface area contributed by atoms with Gasteiger partial charge in [-0.25, -0.2) is 0 Å². The number of ether oxygens (including phenoxy) is 1. The van der Waals surface area contributed by atoms with Crippen LogP contribution in [0.1, 0.15) is 55.8 Å². The molecule has 2 heteroatoms. The quantitative estimate of drug-likeness (QED) is 0.846. The Balaban J connectivity index is 2.51. The van der Waals surface area contributed by atoms with E-state index >= 15 is 0 Å². The lowest BCUT2D eigenvalue weighted by atomic mass is 9.83. The summed E-state index contributed by atoms with van der Waals surface area (Å²) in [5.41, 5.74) is 9.94. The smallest absolute Gasteiger partial charge is 0.128 e. The molecule has 0 aromatic heterocycles. The van der Waals surface area contributed by atoms with Crippen LogP contribution in [-0.2, 0) is 0 Å². The molecule has 2 nitrogen and oxygen atoms in total. The second kappa shape index (κ2) is 4.34. The molecule has 0 aliphatic carbocycles. The van der Waals surface area contributed by atoms with Crippen LogP contribution in [0.15, 0.2) is 12.1 Å². The highest BCUT2D eigenvalue weighted by Crippen LogP contribution is 2.43. The monoisotopic (exact) mass is 233 g/mol. The average molecular weight is 233 g/mol. The van der Waals surface area contributed by atoms with Crippen molar-refractivity contribution in [3.8, 4) is 5.75 Å². The van der Waals surface area contributed by atoms with Gasteiger partial charge in [0.2, 0.25) is 0 Å². The number of aryl methyl sites for hydroxylation is 1. The van der Waals surface area contributed by atoms with Crippen LogP contribution in [0.25, 0.3) is 0 Å². The fourth-order valence-electron chi connectivity index (χ4n) is 2.69. The van der Waals surface area contributed by atoms with E-state index in [0.717, 1.165) is 25.0 Å². The second-order valence-electron chi connectivity index (χ2n) is 5.23. The first-order valence-corrected chi connectivity index (χ1v) is 6.57. The third-order valence-corrected chi connectivity index (χ3v) is 4.31. The first-order valence-electron chi connectivity index (χ1n) is 6.57. The standard InChI is InChI=1S/C15H23NO/c1-5-15(6-2)9-13(16)12-8-7-10(3)11(4)14(12)17-15/h7-8,13H,5-6,9,16H2,1-4H3. The number of hydrogen-bond acceptors (Lipinski definition) is 2. The number of nitrogens with two attached hydrogens (primary N) is 1. The molecule has 1 aromatic carbocycles. The Bertz CT molecular complexity index is 421. The van der Waals surface area contributed by atoms with Gasteiger partial charge >= 0.3 is 0 Å². The summed E-state index contributed by atoms with van der Waals surface area (Å²) in [6.45, 7) is 8.62. The van der Waals surface area contributed by atoms with E-state index in [0.29, 0.717) is 0 Å². The molecule has 0 saturated carbocycles. The second-order valence-corrected chi connectivity index (χ2v) is 5.23. The Kier molecular flexibility index (Phi) is 3.17. The highest BCUT2D eigenvalue weighted by molar-refractivity contribution is 5.48. The molecule has 0 saturated heterocycles. The fraction of sp³-hybridized carbons (Fsp3) is 0.600. The topological polar surface area (TPSA) is 35.2 Å². The molecular weight excluding hydrogens is 210 g/mol. The molecule has 0 amide bonds. The van der Waals surface area contributed by atoms with Crippen molar-refractivity contribution in [2.45, 2.75) is 58.6 Å². The van der Waals surface area contributed by atoms with Crippen molar-refractivity contribution in [1.29, 1.82) is 0 Å². The van der Waals surface area contributed by atoms with Crippen LogP contribution in [-0.4, -0.2) is 5.60 Å². The number of fused-ring (bicyclic) bond motifs is 1. The number of rotatable bonds is 2. The van der Waals surface area contributed by atoms with Gasteiger partial charge in [0.25, 0.3) is 0 Å². The summed E-state index contributed by atoms with van der Waals surface area (Å²) in [5.74, 6) is 1.03. The lowest BCUT2D eigenvalue weighted by molar-refractivity contribution is 0.0274. The maximum absolute atomic E-state index is 6.32. The van der Waals surface area contributed by atoms with E-state index in [9.17, 15) is 0 Å². The lowest BCUT2D eigenvalue weighted by Gasteiger charge is -2.41. The van der Waals surface area contributed by atoms with Crippen LogP contribution in [0, 0.1) is 13.8 Å². The molecule has 94 valence electrons. The zero-order valence-electron chi connectivity index (χ0n) is 11.3. The van der Waals surface area contributed by atoms with Crippen LogP contribution >= 0.6 is 0 Å². The van der Waals surface area contributed by atoms with Gasteiger partial charge in [0.05, 0.1) is 0 Å². The average Bonchev–Trinajstić information content (AvgIpc) is 2.34. The Morgan fingerprint density at radius 3 is 2.53 bits per heavy atom. The van der Waals surface area contributed by atoms with Crippen molar-refractivity contribution in [1.82, 2.24) is 0 Å².